The molecule has 0 saturated heterocycles. The van der Waals surface area contributed by atoms with Crippen LogP contribution in [0.2, 0.25) is 0 Å². The lowest BCUT2D eigenvalue weighted by atomic mass is 10.1. The van der Waals surface area contributed by atoms with E-state index in [1.165, 1.54) is 6.07 Å². The Bertz CT molecular complexity index is 678. The second-order valence-electron chi connectivity index (χ2n) is 5.59. The number of hydrogen-bond donors (Lipinski definition) is 2. The third-order valence-corrected chi connectivity index (χ3v) is 5.90. The molecule has 0 fully saturated rings. The second kappa shape index (κ2) is 7.07. The van der Waals surface area contributed by atoms with E-state index < -0.39 is 15.1 Å². The van der Waals surface area contributed by atoms with Crippen molar-refractivity contribution < 1.29 is 13.2 Å². The Labute approximate surface area is 131 Å². The first-order chi connectivity index (χ1) is 10.4. The molecule has 1 aliphatic heterocycles. The zero-order valence-corrected chi connectivity index (χ0v) is 13.7. The van der Waals surface area contributed by atoms with Gasteiger partial charge in [-0.2, -0.15) is 0 Å². The van der Waals surface area contributed by atoms with Crippen LogP contribution >= 0.6 is 0 Å². The van der Waals surface area contributed by atoms with Crippen molar-refractivity contribution >= 4 is 15.7 Å². The summed E-state index contributed by atoms with van der Waals surface area (Å²) in [5, 5.41) is 5.47. The van der Waals surface area contributed by atoms with E-state index in [1.807, 2.05) is 0 Å². The van der Waals surface area contributed by atoms with E-state index in [1.54, 1.807) is 32.0 Å². The Morgan fingerprint density at radius 2 is 2.05 bits per heavy atom. The lowest BCUT2D eigenvalue weighted by Gasteiger charge is -2.16. The number of amides is 1. The molecule has 120 valence electrons. The number of rotatable bonds is 5. The highest BCUT2D eigenvalue weighted by molar-refractivity contribution is 7.92. The summed E-state index contributed by atoms with van der Waals surface area (Å²) in [4.78, 5) is 12.5. The van der Waals surface area contributed by atoms with Gasteiger partial charge in [0.05, 0.1) is 15.7 Å². The molecule has 0 saturated carbocycles. The van der Waals surface area contributed by atoms with E-state index in [2.05, 4.69) is 16.7 Å². The highest BCUT2D eigenvalue weighted by atomic mass is 32.2. The maximum absolute atomic E-state index is 12.4. The number of sulfone groups is 1. The molecule has 0 atom stereocenters. The Morgan fingerprint density at radius 1 is 1.32 bits per heavy atom. The van der Waals surface area contributed by atoms with Crippen LogP contribution in [0.25, 0.3) is 0 Å². The Hall–Kier alpha value is -1.66. The fraction of sp³-hybridized carbons (Fsp3) is 0.438. The number of nitrogens with one attached hydrogen (secondary N) is 2. The van der Waals surface area contributed by atoms with Gasteiger partial charge < -0.3 is 10.6 Å². The lowest BCUT2D eigenvalue weighted by Crippen LogP contribution is -2.31. The Kier molecular flexibility index (Phi) is 5.37. The van der Waals surface area contributed by atoms with E-state index in [9.17, 15) is 13.2 Å². The summed E-state index contributed by atoms with van der Waals surface area (Å²) >= 11 is 0. The molecule has 22 heavy (non-hydrogen) atoms. The van der Waals surface area contributed by atoms with Crippen LogP contribution in [-0.4, -0.2) is 39.2 Å². The van der Waals surface area contributed by atoms with Gasteiger partial charge in [-0.05, 0) is 38.9 Å². The maximum atomic E-state index is 12.4. The smallest absolute Gasteiger partial charge is 0.252 e. The number of carbonyl (C=O) groups is 1. The van der Waals surface area contributed by atoms with Gasteiger partial charge in [-0.1, -0.05) is 23.8 Å². The summed E-state index contributed by atoms with van der Waals surface area (Å²) < 4.78 is 24.7. The Morgan fingerprint density at radius 3 is 2.68 bits per heavy atom. The molecule has 1 aromatic carbocycles. The maximum Gasteiger partial charge on any atom is 0.252 e. The predicted molar refractivity (Wildman–Crippen MR) is 86.7 cm³/mol. The molecule has 5 nitrogen and oxygen atoms in total. The molecule has 2 N–H and O–H groups in total. The van der Waals surface area contributed by atoms with Crippen molar-refractivity contribution in [3.63, 3.8) is 0 Å². The van der Waals surface area contributed by atoms with Crippen molar-refractivity contribution in [1.29, 1.82) is 0 Å². The van der Waals surface area contributed by atoms with Gasteiger partial charge in [0, 0.05) is 13.1 Å². The van der Waals surface area contributed by atoms with E-state index >= 15 is 0 Å². The average molecular weight is 322 g/mol. The van der Waals surface area contributed by atoms with Crippen molar-refractivity contribution in [2.24, 2.45) is 0 Å². The number of hydrogen-bond acceptors (Lipinski definition) is 4. The van der Waals surface area contributed by atoms with Gasteiger partial charge in [-0.3, -0.25) is 4.79 Å². The summed E-state index contributed by atoms with van der Waals surface area (Å²) in [5.41, 5.74) is 1.38. The average Bonchev–Trinajstić information content (AvgIpc) is 2.53. The molecule has 0 spiro atoms. The lowest BCUT2D eigenvalue weighted by molar-refractivity contribution is 0.0953. The quantitative estimate of drug-likeness (QED) is 0.806. The molecule has 1 aliphatic rings. The topological polar surface area (TPSA) is 75.3 Å². The molecular formula is C16H22N2O3S. The zero-order valence-electron chi connectivity index (χ0n) is 12.9. The standard InChI is InChI=1S/C16H22N2O3S/c1-12(2)22(20,21)15-6-4-3-5-14(15)16(19)18-11-13-7-9-17-10-8-13/h3-7,12,17H,8-11H2,1-2H3,(H,18,19). The summed E-state index contributed by atoms with van der Waals surface area (Å²) in [6.07, 6.45) is 2.95. The van der Waals surface area contributed by atoms with Gasteiger partial charge in [0.2, 0.25) is 0 Å². The predicted octanol–water partition coefficient (Wildman–Crippen LogP) is 1.52. The molecule has 0 aliphatic carbocycles. The van der Waals surface area contributed by atoms with Crippen LogP contribution in [0.4, 0.5) is 0 Å². The van der Waals surface area contributed by atoms with Crippen LogP contribution in [0.1, 0.15) is 30.6 Å². The molecule has 2 rings (SSSR count). The number of benzene rings is 1. The first-order valence-corrected chi connectivity index (χ1v) is 8.97. The number of carbonyl (C=O) groups excluding carboxylic acids is 1. The molecule has 6 heteroatoms. The summed E-state index contributed by atoms with van der Waals surface area (Å²) in [5.74, 6) is -0.348. The van der Waals surface area contributed by atoms with Crippen LogP contribution in [-0.2, 0) is 9.84 Å². The minimum Gasteiger partial charge on any atom is -0.348 e. The fourth-order valence-corrected chi connectivity index (χ4v) is 3.52. The van der Waals surface area contributed by atoms with Crippen molar-refractivity contribution in [3.05, 3.63) is 41.5 Å². The second-order valence-corrected chi connectivity index (χ2v) is 8.06. The van der Waals surface area contributed by atoms with E-state index in [4.69, 9.17) is 0 Å². The van der Waals surface area contributed by atoms with Gasteiger partial charge in [0.15, 0.2) is 9.84 Å². The highest BCUT2D eigenvalue weighted by Gasteiger charge is 2.25. The van der Waals surface area contributed by atoms with Crippen LogP contribution in [0.15, 0.2) is 40.8 Å². The van der Waals surface area contributed by atoms with Crippen LogP contribution in [0.3, 0.4) is 0 Å². The molecule has 0 radical (unpaired) electrons. The van der Waals surface area contributed by atoms with E-state index in [-0.39, 0.29) is 16.4 Å². The third-order valence-electron chi connectivity index (χ3n) is 3.69. The van der Waals surface area contributed by atoms with Gasteiger partial charge in [-0.25, -0.2) is 8.42 Å². The molecule has 0 bridgehead atoms. The minimum atomic E-state index is -3.48. The van der Waals surface area contributed by atoms with Crippen molar-refractivity contribution in [2.45, 2.75) is 30.4 Å². The van der Waals surface area contributed by atoms with Crippen LogP contribution in [0.5, 0.6) is 0 Å². The van der Waals surface area contributed by atoms with Gasteiger partial charge in [-0.15, -0.1) is 0 Å². The SMILES string of the molecule is CC(C)S(=O)(=O)c1ccccc1C(=O)NCC1=CCNCC1. The summed E-state index contributed by atoms with van der Waals surface area (Å²) in [6.45, 7) is 5.40. The van der Waals surface area contributed by atoms with Gasteiger partial charge in [0.1, 0.15) is 0 Å². The van der Waals surface area contributed by atoms with Gasteiger partial charge in [0.25, 0.3) is 5.91 Å². The highest BCUT2D eigenvalue weighted by Crippen LogP contribution is 2.20. The van der Waals surface area contributed by atoms with Gasteiger partial charge >= 0.3 is 0 Å². The third kappa shape index (κ3) is 3.75. The van der Waals surface area contributed by atoms with E-state index in [0.717, 1.165) is 25.1 Å². The monoisotopic (exact) mass is 322 g/mol. The summed E-state index contributed by atoms with van der Waals surface area (Å²) in [7, 11) is -3.48. The zero-order chi connectivity index (χ0) is 16.2. The Balaban J connectivity index is 2.18. The van der Waals surface area contributed by atoms with Crippen LogP contribution < -0.4 is 10.6 Å². The van der Waals surface area contributed by atoms with Crippen molar-refractivity contribution in [2.75, 3.05) is 19.6 Å². The van der Waals surface area contributed by atoms with Crippen molar-refractivity contribution in [3.8, 4) is 0 Å². The largest absolute Gasteiger partial charge is 0.348 e. The van der Waals surface area contributed by atoms with E-state index in [0.29, 0.717) is 6.54 Å². The first-order valence-electron chi connectivity index (χ1n) is 7.42. The van der Waals surface area contributed by atoms with Crippen molar-refractivity contribution in [1.82, 2.24) is 10.6 Å². The molecule has 0 aromatic heterocycles. The molecule has 1 aromatic rings. The van der Waals surface area contributed by atoms with Crippen LogP contribution in [0, 0.1) is 0 Å². The fourth-order valence-electron chi connectivity index (χ4n) is 2.28. The normalized spacial score (nSPS) is 15.5. The minimum absolute atomic E-state index is 0.0989. The molecular weight excluding hydrogens is 300 g/mol. The molecule has 1 amide bonds. The molecule has 0 unspecified atom stereocenters. The summed E-state index contributed by atoms with van der Waals surface area (Å²) in [6, 6.07) is 6.37. The molecule has 1 heterocycles. The first kappa shape index (κ1) is 16.7.